The van der Waals surface area contributed by atoms with Crippen LogP contribution >= 0.6 is 0 Å². The van der Waals surface area contributed by atoms with Gasteiger partial charge in [-0.3, -0.25) is 9.59 Å². The molecule has 2 N–H and O–H groups in total. The standard InChI is InChI=1S/C18H17NO5/c1-12(20)14-9-5-6-10-15(14)19-16(21)11-24-18(23)17(22)13-7-3-2-4-8-13/h2-10,17,22H,11H2,1H3,(H,19,21)/t17-/m0/s1. The number of ketones is 1. The third kappa shape index (κ3) is 4.50. The van der Waals surface area contributed by atoms with Crippen LogP contribution in [-0.4, -0.2) is 29.4 Å². The maximum atomic E-state index is 11.9. The van der Waals surface area contributed by atoms with E-state index in [-0.39, 0.29) is 5.78 Å². The molecule has 1 atom stereocenters. The Morgan fingerprint density at radius 1 is 1.04 bits per heavy atom. The van der Waals surface area contributed by atoms with Crippen LogP contribution in [0.15, 0.2) is 54.6 Å². The van der Waals surface area contributed by atoms with Crippen molar-refractivity contribution in [1.82, 2.24) is 0 Å². The molecule has 1 amide bonds. The minimum Gasteiger partial charge on any atom is -0.453 e. The van der Waals surface area contributed by atoms with Crippen molar-refractivity contribution in [2.45, 2.75) is 13.0 Å². The Labute approximate surface area is 139 Å². The number of rotatable bonds is 6. The number of benzene rings is 2. The predicted molar refractivity (Wildman–Crippen MR) is 87.4 cm³/mol. The molecule has 0 aliphatic carbocycles. The smallest absolute Gasteiger partial charge is 0.340 e. The number of anilines is 1. The van der Waals surface area contributed by atoms with Gasteiger partial charge in [0.05, 0.1) is 5.69 Å². The van der Waals surface area contributed by atoms with E-state index in [1.807, 2.05) is 0 Å². The molecule has 0 saturated heterocycles. The average molecular weight is 327 g/mol. The molecule has 0 radical (unpaired) electrons. The maximum Gasteiger partial charge on any atom is 0.340 e. The van der Waals surface area contributed by atoms with Gasteiger partial charge in [-0.15, -0.1) is 0 Å². The Kier molecular flexibility index (Phi) is 5.81. The van der Waals surface area contributed by atoms with E-state index in [0.29, 0.717) is 16.8 Å². The molecule has 124 valence electrons. The summed E-state index contributed by atoms with van der Waals surface area (Å²) in [6.07, 6.45) is -1.46. The highest BCUT2D eigenvalue weighted by atomic mass is 16.5. The lowest BCUT2D eigenvalue weighted by molar-refractivity contribution is -0.156. The molecule has 24 heavy (non-hydrogen) atoms. The molecule has 0 spiro atoms. The third-order valence-electron chi connectivity index (χ3n) is 3.26. The van der Waals surface area contributed by atoms with Gasteiger partial charge in [0, 0.05) is 5.56 Å². The van der Waals surface area contributed by atoms with Crippen molar-refractivity contribution in [2.75, 3.05) is 11.9 Å². The van der Waals surface area contributed by atoms with Crippen LogP contribution in [0.4, 0.5) is 5.69 Å². The Balaban J connectivity index is 1.92. The lowest BCUT2D eigenvalue weighted by Gasteiger charge is -2.12. The summed E-state index contributed by atoms with van der Waals surface area (Å²) in [5, 5.41) is 12.4. The topological polar surface area (TPSA) is 92.7 Å². The van der Waals surface area contributed by atoms with Crippen LogP contribution in [0.2, 0.25) is 0 Å². The summed E-state index contributed by atoms with van der Waals surface area (Å²) in [5.41, 5.74) is 1.08. The molecule has 0 heterocycles. The van der Waals surface area contributed by atoms with Gasteiger partial charge in [0.2, 0.25) is 0 Å². The zero-order valence-electron chi connectivity index (χ0n) is 13.1. The molecule has 0 saturated carbocycles. The summed E-state index contributed by atoms with van der Waals surface area (Å²) >= 11 is 0. The molecule has 0 aromatic heterocycles. The predicted octanol–water partition coefficient (Wildman–Crippen LogP) is 2.10. The summed E-state index contributed by atoms with van der Waals surface area (Å²) in [6.45, 7) is 0.830. The second kappa shape index (κ2) is 8.03. The Morgan fingerprint density at radius 3 is 2.33 bits per heavy atom. The van der Waals surface area contributed by atoms with E-state index >= 15 is 0 Å². The summed E-state index contributed by atoms with van der Waals surface area (Å²) in [6, 6.07) is 14.8. The number of amides is 1. The molecule has 2 aromatic rings. The Hall–Kier alpha value is -2.99. The van der Waals surface area contributed by atoms with E-state index in [1.165, 1.54) is 6.92 Å². The van der Waals surface area contributed by atoms with Gasteiger partial charge < -0.3 is 15.2 Å². The van der Waals surface area contributed by atoms with E-state index in [0.717, 1.165) is 0 Å². The first kappa shape index (κ1) is 17.4. The van der Waals surface area contributed by atoms with Crippen LogP contribution in [0.5, 0.6) is 0 Å². The zero-order valence-corrected chi connectivity index (χ0v) is 13.1. The molecule has 2 rings (SSSR count). The molecule has 0 bridgehead atoms. The fraction of sp³-hybridized carbons (Fsp3) is 0.167. The van der Waals surface area contributed by atoms with Gasteiger partial charge in [-0.05, 0) is 24.6 Å². The van der Waals surface area contributed by atoms with Gasteiger partial charge in [0.1, 0.15) is 0 Å². The number of nitrogens with one attached hydrogen (secondary N) is 1. The third-order valence-corrected chi connectivity index (χ3v) is 3.26. The number of hydrogen-bond acceptors (Lipinski definition) is 5. The van der Waals surface area contributed by atoms with Crippen molar-refractivity contribution >= 4 is 23.3 Å². The number of ether oxygens (including phenoxy) is 1. The van der Waals surface area contributed by atoms with Gasteiger partial charge in [-0.1, -0.05) is 42.5 Å². The molecule has 0 aliphatic rings. The highest BCUT2D eigenvalue weighted by Gasteiger charge is 2.20. The molecular formula is C18H17NO5. The first-order chi connectivity index (χ1) is 11.5. The number of aliphatic hydroxyl groups excluding tert-OH is 1. The van der Waals surface area contributed by atoms with Crippen LogP contribution in [0, 0.1) is 0 Å². The molecule has 2 aromatic carbocycles. The van der Waals surface area contributed by atoms with Crippen molar-refractivity contribution < 1.29 is 24.2 Å². The number of esters is 1. The average Bonchev–Trinajstić information content (AvgIpc) is 2.60. The van der Waals surface area contributed by atoms with Crippen LogP contribution in [0.1, 0.15) is 28.9 Å². The summed E-state index contributed by atoms with van der Waals surface area (Å²) in [7, 11) is 0. The zero-order chi connectivity index (χ0) is 17.5. The van der Waals surface area contributed by atoms with Gasteiger partial charge >= 0.3 is 5.97 Å². The number of carbonyl (C=O) groups is 3. The van der Waals surface area contributed by atoms with E-state index in [1.54, 1.807) is 54.6 Å². The number of Topliss-reactive ketones (excluding diaryl/α,β-unsaturated/α-hetero) is 1. The maximum absolute atomic E-state index is 11.9. The second-order valence-electron chi connectivity index (χ2n) is 5.07. The lowest BCUT2D eigenvalue weighted by atomic mass is 10.1. The first-order valence-corrected chi connectivity index (χ1v) is 7.28. The lowest BCUT2D eigenvalue weighted by Crippen LogP contribution is -2.24. The van der Waals surface area contributed by atoms with Crippen molar-refractivity contribution in [3.8, 4) is 0 Å². The summed E-state index contributed by atoms with van der Waals surface area (Å²) < 4.78 is 4.81. The van der Waals surface area contributed by atoms with E-state index < -0.39 is 24.6 Å². The fourth-order valence-electron chi connectivity index (χ4n) is 2.07. The van der Waals surface area contributed by atoms with Crippen molar-refractivity contribution in [3.63, 3.8) is 0 Å². The van der Waals surface area contributed by atoms with E-state index in [2.05, 4.69) is 5.32 Å². The van der Waals surface area contributed by atoms with Gasteiger partial charge in [0.25, 0.3) is 5.91 Å². The summed E-state index contributed by atoms with van der Waals surface area (Å²) in [4.78, 5) is 35.1. The molecular weight excluding hydrogens is 310 g/mol. The first-order valence-electron chi connectivity index (χ1n) is 7.28. The normalized spacial score (nSPS) is 11.4. The number of carbonyl (C=O) groups excluding carboxylic acids is 3. The molecule has 0 fully saturated rings. The van der Waals surface area contributed by atoms with Crippen LogP contribution in [0.3, 0.4) is 0 Å². The number of para-hydroxylation sites is 1. The molecule has 0 aliphatic heterocycles. The van der Waals surface area contributed by atoms with Gasteiger partial charge in [-0.2, -0.15) is 0 Å². The largest absolute Gasteiger partial charge is 0.453 e. The highest BCUT2D eigenvalue weighted by Crippen LogP contribution is 2.16. The fourth-order valence-corrected chi connectivity index (χ4v) is 2.07. The Morgan fingerprint density at radius 2 is 1.67 bits per heavy atom. The van der Waals surface area contributed by atoms with E-state index in [4.69, 9.17) is 4.74 Å². The Bertz CT molecular complexity index is 742. The van der Waals surface area contributed by atoms with E-state index in [9.17, 15) is 19.5 Å². The minimum absolute atomic E-state index is 0.192. The van der Waals surface area contributed by atoms with Crippen LogP contribution < -0.4 is 5.32 Å². The molecule has 6 nitrogen and oxygen atoms in total. The van der Waals surface area contributed by atoms with Gasteiger partial charge in [-0.25, -0.2) is 4.79 Å². The van der Waals surface area contributed by atoms with Crippen molar-refractivity contribution in [1.29, 1.82) is 0 Å². The van der Waals surface area contributed by atoms with Crippen LogP contribution in [-0.2, 0) is 14.3 Å². The monoisotopic (exact) mass is 327 g/mol. The second-order valence-corrected chi connectivity index (χ2v) is 5.07. The van der Waals surface area contributed by atoms with Gasteiger partial charge in [0.15, 0.2) is 18.5 Å². The molecule has 6 heteroatoms. The number of hydrogen-bond donors (Lipinski definition) is 2. The highest BCUT2D eigenvalue weighted by molar-refractivity contribution is 6.04. The molecule has 0 unspecified atom stereocenters. The quantitative estimate of drug-likeness (QED) is 0.626. The minimum atomic E-state index is -1.46. The van der Waals surface area contributed by atoms with Crippen LogP contribution in [0.25, 0.3) is 0 Å². The SMILES string of the molecule is CC(=O)c1ccccc1NC(=O)COC(=O)[C@@H](O)c1ccccc1. The van der Waals surface area contributed by atoms with Crippen molar-refractivity contribution in [2.24, 2.45) is 0 Å². The van der Waals surface area contributed by atoms with Crippen molar-refractivity contribution in [3.05, 3.63) is 65.7 Å². The summed E-state index contributed by atoms with van der Waals surface area (Å²) in [5.74, 6) is -1.71. The number of aliphatic hydroxyl groups is 1.